The summed E-state index contributed by atoms with van der Waals surface area (Å²) in [6.07, 6.45) is 0. The highest BCUT2D eigenvalue weighted by molar-refractivity contribution is 6.22. The SMILES string of the molecule is COC(=O)c1ccc2c(C(=Nc3ccc(N(C)C(=O)CNC(C)=O)cc3)c3ccccc3)c(O)[nH]c2c1. The molecule has 0 spiro atoms. The Hall–Kier alpha value is -4.92. The van der Waals surface area contributed by atoms with Gasteiger partial charge in [-0.05, 0) is 36.4 Å². The molecule has 188 valence electrons. The average molecular weight is 499 g/mol. The number of esters is 1. The van der Waals surface area contributed by atoms with Gasteiger partial charge in [-0.1, -0.05) is 36.4 Å². The number of anilines is 1. The third-order valence-corrected chi connectivity index (χ3v) is 5.82. The van der Waals surface area contributed by atoms with Crippen LogP contribution in [0, 0.1) is 0 Å². The normalized spacial score (nSPS) is 11.3. The number of rotatable bonds is 7. The number of amides is 2. The third-order valence-electron chi connectivity index (χ3n) is 5.82. The Morgan fingerprint density at radius 3 is 2.35 bits per heavy atom. The van der Waals surface area contributed by atoms with Crippen LogP contribution in [-0.4, -0.2) is 54.3 Å². The van der Waals surface area contributed by atoms with Crippen molar-refractivity contribution in [3.63, 3.8) is 0 Å². The molecule has 2 amide bonds. The van der Waals surface area contributed by atoms with Crippen LogP contribution in [0.15, 0.2) is 77.8 Å². The first kappa shape index (κ1) is 25.2. The number of aromatic nitrogens is 1. The predicted octanol–water partition coefficient (Wildman–Crippen LogP) is 3.93. The number of nitrogens with one attached hydrogen (secondary N) is 2. The van der Waals surface area contributed by atoms with Crippen LogP contribution < -0.4 is 10.2 Å². The van der Waals surface area contributed by atoms with Crippen molar-refractivity contribution < 1.29 is 24.2 Å². The van der Waals surface area contributed by atoms with Gasteiger partial charge in [0.15, 0.2) is 5.88 Å². The Morgan fingerprint density at radius 1 is 1.00 bits per heavy atom. The quantitative estimate of drug-likeness (QED) is 0.263. The summed E-state index contributed by atoms with van der Waals surface area (Å²) in [4.78, 5) is 44.6. The van der Waals surface area contributed by atoms with E-state index < -0.39 is 5.97 Å². The number of methoxy groups -OCH3 is 1. The summed E-state index contributed by atoms with van der Waals surface area (Å²) in [6, 6.07) is 21.5. The summed E-state index contributed by atoms with van der Waals surface area (Å²) in [5.74, 6) is -1.09. The van der Waals surface area contributed by atoms with Gasteiger partial charge >= 0.3 is 5.97 Å². The molecule has 0 radical (unpaired) electrons. The maximum absolute atomic E-state index is 12.3. The van der Waals surface area contributed by atoms with Gasteiger partial charge < -0.3 is 25.0 Å². The number of ether oxygens (including phenoxy) is 1. The highest BCUT2D eigenvalue weighted by Gasteiger charge is 2.20. The van der Waals surface area contributed by atoms with Crippen molar-refractivity contribution in [2.45, 2.75) is 6.92 Å². The van der Waals surface area contributed by atoms with E-state index in [-0.39, 0.29) is 24.2 Å². The van der Waals surface area contributed by atoms with Gasteiger partial charge in [0, 0.05) is 36.1 Å². The van der Waals surface area contributed by atoms with Gasteiger partial charge in [0.1, 0.15) is 0 Å². The van der Waals surface area contributed by atoms with Gasteiger partial charge in [0.2, 0.25) is 11.8 Å². The highest BCUT2D eigenvalue weighted by Crippen LogP contribution is 2.32. The minimum absolute atomic E-state index is 0.0838. The highest BCUT2D eigenvalue weighted by atomic mass is 16.5. The van der Waals surface area contributed by atoms with Gasteiger partial charge in [0.25, 0.3) is 0 Å². The molecule has 0 aliphatic carbocycles. The second-order valence-electron chi connectivity index (χ2n) is 8.31. The molecule has 1 aromatic heterocycles. The average Bonchev–Trinajstić information content (AvgIpc) is 3.24. The fourth-order valence-corrected chi connectivity index (χ4v) is 3.87. The number of H-pyrrole nitrogens is 1. The molecule has 4 rings (SSSR count). The number of carbonyl (C=O) groups is 3. The topological polar surface area (TPSA) is 124 Å². The number of aliphatic imine (C=N–C) groups is 1. The number of benzene rings is 3. The molecule has 0 saturated heterocycles. The van der Waals surface area contributed by atoms with E-state index in [1.807, 2.05) is 30.3 Å². The van der Waals surface area contributed by atoms with Crippen LogP contribution in [0.2, 0.25) is 0 Å². The van der Waals surface area contributed by atoms with Crippen LogP contribution in [0.25, 0.3) is 10.9 Å². The Morgan fingerprint density at radius 2 is 1.70 bits per heavy atom. The number of nitrogens with zero attached hydrogens (tertiary/aromatic N) is 2. The van der Waals surface area contributed by atoms with E-state index in [1.54, 1.807) is 49.5 Å². The smallest absolute Gasteiger partial charge is 0.337 e. The lowest BCUT2D eigenvalue weighted by Crippen LogP contribution is -2.37. The van der Waals surface area contributed by atoms with E-state index in [1.165, 1.54) is 18.9 Å². The second kappa shape index (κ2) is 10.8. The standard InChI is InChI=1S/C28H26N4O5/c1-17(33)29-16-24(34)32(2)21-12-10-20(11-13-21)30-26(18-7-5-4-6-8-18)25-22-14-9-19(28(36)37-3)15-23(22)31-27(25)35/h4-15,31,35H,16H2,1-3H3,(H,29,33). The van der Waals surface area contributed by atoms with Crippen molar-refractivity contribution in [2.75, 3.05) is 25.6 Å². The van der Waals surface area contributed by atoms with Crippen LogP contribution in [-0.2, 0) is 14.3 Å². The molecule has 3 aromatic carbocycles. The molecule has 0 bridgehead atoms. The molecule has 0 fully saturated rings. The van der Waals surface area contributed by atoms with Gasteiger partial charge in [0.05, 0.1) is 36.2 Å². The molecule has 3 N–H and O–H groups in total. The molecule has 0 saturated carbocycles. The van der Waals surface area contributed by atoms with Crippen molar-refractivity contribution in [1.82, 2.24) is 10.3 Å². The first-order valence-electron chi connectivity index (χ1n) is 11.5. The monoisotopic (exact) mass is 498 g/mol. The van der Waals surface area contributed by atoms with Crippen LogP contribution in [0.3, 0.4) is 0 Å². The first-order valence-corrected chi connectivity index (χ1v) is 11.5. The van der Waals surface area contributed by atoms with Gasteiger partial charge in [-0.3, -0.25) is 9.59 Å². The molecular formula is C28H26N4O5. The molecule has 0 atom stereocenters. The van der Waals surface area contributed by atoms with Crippen LogP contribution in [0.1, 0.15) is 28.4 Å². The Bertz CT molecular complexity index is 1490. The number of hydrogen-bond acceptors (Lipinski definition) is 6. The third kappa shape index (κ3) is 5.51. The number of carbonyl (C=O) groups excluding carboxylic acids is 3. The van der Waals surface area contributed by atoms with Crippen molar-refractivity contribution in [3.05, 3.63) is 89.5 Å². The van der Waals surface area contributed by atoms with Crippen LogP contribution in [0.4, 0.5) is 11.4 Å². The van der Waals surface area contributed by atoms with E-state index >= 15 is 0 Å². The fourth-order valence-electron chi connectivity index (χ4n) is 3.87. The first-order chi connectivity index (χ1) is 17.8. The zero-order valence-corrected chi connectivity index (χ0v) is 20.6. The molecule has 0 unspecified atom stereocenters. The lowest BCUT2D eigenvalue weighted by atomic mass is 10.00. The molecule has 9 heteroatoms. The number of hydrogen-bond donors (Lipinski definition) is 3. The summed E-state index contributed by atoms with van der Waals surface area (Å²) in [7, 11) is 2.94. The van der Waals surface area contributed by atoms with Crippen LogP contribution in [0.5, 0.6) is 5.88 Å². The predicted molar refractivity (Wildman–Crippen MR) is 142 cm³/mol. The summed E-state index contributed by atoms with van der Waals surface area (Å²) < 4.78 is 4.80. The maximum Gasteiger partial charge on any atom is 0.337 e. The van der Waals surface area contributed by atoms with E-state index in [0.29, 0.717) is 39.1 Å². The van der Waals surface area contributed by atoms with Crippen molar-refractivity contribution >= 4 is 45.8 Å². The number of aromatic hydroxyl groups is 1. The molecule has 9 nitrogen and oxygen atoms in total. The molecule has 37 heavy (non-hydrogen) atoms. The number of fused-ring (bicyclic) bond motifs is 1. The Kier molecular flexibility index (Phi) is 7.34. The van der Waals surface area contributed by atoms with Crippen molar-refractivity contribution in [3.8, 4) is 5.88 Å². The van der Waals surface area contributed by atoms with E-state index in [2.05, 4.69) is 10.3 Å². The zero-order valence-electron chi connectivity index (χ0n) is 20.6. The second-order valence-corrected chi connectivity index (χ2v) is 8.31. The van der Waals surface area contributed by atoms with Crippen molar-refractivity contribution in [1.29, 1.82) is 0 Å². The van der Waals surface area contributed by atoms with Gasteiger partial charge in [-0.25, -0.2) is 9.79 Å². The Balaban J connectivity index is 1.74. The summed E-state index contributed by atoms with van der Waals surface area (Å²) >= 11 is 0. The number of likely N-dealkylation sites (N-methyl/N-ethyl adjacent to an activating group) is 1. The minimum atomic E-state index is -0.477. The molecular weight excluding hydrogens is 472 g/mol. The fraction of sp³-hybridized carbons (Fsp3) is 0.143. The maximum atomic E-state index is 12.3. The zero-order chi connectivity index (χ0) is 26.5. The van der Waals surface area contributed by atoms with E-state index in [9.17, 15) is 19.5 Å². The summed E-state index contributed by atoms with van der Waals surface area (Å²) in [5, 5.41) is 14.1. The largest absolute Gasteiger partial charge is 0.494 e. The summed E-state index contributed by atoms with van der Waals surface area (Å²) in [6.45, 7) is 1.26. The van der Waals surface area contributed by atoms with Gasteiger partial charge in [-0.15, -0.1) is 0 Å². The minimum Gasteiger partial charge on any atom is -0.494 e. The lowest BCUT2D eigenvalue weighted by molar-refractivity contribution is -0.123. The Labute approximate surface area is 213 Å². The van der Waals surface area contributed by atoms with E-state index in [4.69, 9.17) is 9.73 Å². The number of aromatic amines is 1. The molecule has 4 aromatic rings. The van der Waals surface area contributed by atoms with Crippen LogP contribution >= 0.6 is 0 Å². The molecule has 0 aliphatic rings. The van der Waals surface area contributed by atoms with Gasteiger partial charge in [-0.2, -0.15) is 0 Å². The molecule has 1 heterocycles. The van der Waals surface area contributed by atoms with Crippen molar-refractivity contribution in [2.24, 2.45) is 4.99 Å². The van der Waals surface area contributed by atoms with E-state index in [0.717, 1.165) is 5.56 Å². The molecule has 0 aliphatic heterocycles. The summed E-state index contributed by atoms with van der Waals surface area (Å²) in [5.41, 5.74) is 3.96. The lowest BCUT2D eigenvalue weighted by Gasteiger charge is -2.17.